The first-order valence-corrected chi connectivity index (χ1v) is 4.56. The number of carbonyl (C=O) groups excluding carboxylic acids is 1. The van der Waals surface area contributed by atoms with Crippen molar-refractivity contribution in [1.29, 1.82) is 0 Å². The van der Waals surface area contributed by atoms with Crippen molar-refractivity contribution in [3.05, 3.63) is 28.5 Å². The molecule has 0 saturated carbocycles. The predicted molar refractivity (Wildman–Crippen MR) is 52.6 cm³/mol. The van der Waals surface area contributed by atoms with E-state index in [-0.39, 0.29) is 17.1 Å². The van der Waals surface area contributed by atoms with E-state index in [4.69, 9.17) is 16.3 Å². The van der Waals surface area contributed by atoms with E-state index < -0.39 is 5.82 Å². The Hall–Kier alpha value is -1.09. The molecule has 0 amide bonds. The average Bonchev–Trinajstić information content (AvgIpc) is 2.10. The van der Waals surface area contributed by atoms with Crippen LogP contribution in [-0.4, -0.2) is 12.4 Å². The Balaban J connectivity index is 3.24. The van der Waals surface area contributed by atoms with Gasteiger partial charge in [0.1, 0.15) is 0 Å². The summed E-state index contributed by atoms with van der Waals surface area (Å²) in [5.74, 6) is -1.00. The number of hydrogen-bond acceptors (Lipinski definition) is 2. The first-order valence-electron chi connectivity index (χ1n) is 4.19. The van der Waals surface area contributed by atoms with Crippen LogP contribution >= 0.6 is 11.6 Å². The first kappa shape index (κ1) is 11.0. The number of rotatable bonds is 3. The van der Waals surface area contributed by atoms with Crippen molar-refractivity contribution < 1.29 is 13.9 Å². The highest BCUT2D eigenvalue weighted by Gasteiger charge is 2.14. The number of hydrogen-bond donors (Lipinski definition) is 0. The number of ketones is 1. The van der Waals surface area contributed by atoms with Crippen LogP contribution in [0.5, 0.6) is 5.75 Å². The molecule has 1 aromatic carbocycles. The molecule has 0 aromatic heterocycles. The van der Waals surface area contributed by atoms with Crippen molar-refractivity contribution >= 4 is 17.4 Å². The van der Waals surface area contributed by atoms with Crippen LogP contribution in [0, 0.1) is 5.82 Å². The molecule has 0 saturated heterocycles. The zero-order valence-electron chi connectivity index (χ0n) is 7.93. The van der Waals surface area contributed by atoms with Crippen LogP contribution in [0.25, 0.3) is 0 Å². The zero-order chi connectivity index (χ0) is 10.7. The van der Waals surface area contributed by atoms with Crippen molar-refractivity contribution in [2.45, 2.75) is 13.8 Å². The van der Waals surface area contributed by atoms with Gasteiger partial charge in [-0.05, 0) is 19.9 Å². The molecule has 0 atom stereocenters. The first-order chi connectivity index (χ1) is 6.56. The standard InChI is InChI=1S/C10H10ClFO2/c1-3-14-9-5-7(11)4-8(6(2)13)10(9)12/h4-5H,3H2,1-2H3. The fraction of sp³-hybridized carbons (Fsp3) is 0.300. The summed E-state index contributed by atoms with van der Waals surface area (Å²) in [5, 5.41) is 0.292. The highest BCUT2D eigenvalue weighted by atomic mass is 35.5. The summed E-state index contributed by atoms with van der Waals surface area (Å²) in [6, 6.07) is 2.65. The van der Waals surface area contributed by atoms with Gasteiger partial charge >= 0.3 is 0 Å². The number of halogens is 2. The maximum absolute atomic E-state index is 13.5. The lowest BCUT2D eigenvalue weighted by atomic mass is 10.1. The van der Waals surface area contributed by atoms with Gasteiger partial charge in [0, 0.05) is 11.1 Å². The Morgan fingerprint density at radius 2 is 2.21 bits per heavy atom. The van der Waals surface area contributed by atoms with Crippen molar-refractivity contribution in [2.24, 2.45) is 0 Å². The third kappa shape index (κ3) is 2.23. The topological polar surface area (TPSA) is 26.3 Å². The van der Waals surface area contributed by atoms with E-state index in [2.05, 4.69) is 0 Å². The summed E-state index contributed by atoms with van der Waals surface area (Å²) in [6.45, 7) is 3.34. The number of Topliss-reactive ketones (excluding diaryl/α,β-unsaturated/α-hetero) is 1. The van der Waals surface area contributed by atoms with E-state index in [1.807, 2.05) is 0 Å². The van der Waals surface area contributed by atoms with Gasteiger partial charge in [0.2, 0.25) is 0 Å². The number of carbonyl (C=O) groups is 1. The second-order valence-electron chi connectivity index (χ2n) is 2.75. The summed E-state index contributed by atoms with van der Waals surface area (Å²) >= 11 is 5.70. The molecule has 0 aliphatic rings. The minimum atomic E-state index is -0.649. The van der Waals surface area contributed by atoms with Gasteiger partial charge in [-0.15, -0.1) is 0 Å². The third-order valence-corrected chi connectivity index (χ3v) is 1.90. The lowest BCUT2D eigenvalue weighted by Crippen LogP contribution is -2.02. The predicted octanol–water partition coefficient (Wildman–Crippen LogP) is 3.08. The summed E-state index contributed by atoms with van der Waals surface area (Å²) in [4.78, 5) is 11.0. The highest BCUT2D eigenvalue weighted by molar-refractivity contribution is 6.31. The van der Waals surface area contributed by atoms with E-state index in [9.17, 15) is 9.18 Å². The van der Waals surface area contributed by atoms with Crippen LogP contribution in [0.4, 0.5) is 4.39 Å². The lowest BCUT2D eigenvalue weighted by molar-refractivity contribution is 0.101. The Labute approximate surface area is 86.6 Å². The van der Waals surface area contributed by atoms with Crippen molar-refractivity contribution in [2.75, 3.05) is 6.61 Å². The van der Waals surface area contributed by atoms with Crippen molar-refractivity contribution in [3.63, 3.8) is 0 Å². The van der Waals surface area contributed by atoms with E-state index in [0.29, 0.717) is 11.6 Å². The molecule has 76 valence electrons. The molecule has 0 radical (unpaired) electrons. The molecule has 0 aliphatic heterocycles. The summed E-state index contributed by atoms with van der Waals surface area (Å²) < 4.78 is 18.5. The second kappa shape index (κ2) is 4.42. The molecular weight excluding hydrogens is 207 g/mol. The van der Waals surface area contributed by atoms with Crippen LogP contribution in [0.15, 0.2) is 12.1 Å². The van der Waals surface area contributed by atoms with Gasteiger partial charge in [-0.2, -0.15) is 0 Å². The van der Waals surface area contributed by atoms with Gasteiger partial charge in [0.05, 0.1) is 12.2 Å². The molecule has 0 bridgehead atoms. The Bertz CT molecular complexity index is 363. The molecule has 4 heteroatoms. The van der Waals surface area contributed by atoms with Crippen LogP contribution in [0.1, 0.15) is 24.2 Å². The van der Waals surface area contributed by atoms with Gasteiger partial charge < -0.3 is 4.74 Å². The minimum Gasteiger partial charge on any atom is -0.491 e. The summed E-state index contributed by atoms with van der Waals surface area (Å²) in [6.07, 6.45) is 0. The Morgan fingerprint density at radius 3 is 2.71 bits per heavy atom. The fourth-order valence-electron chi connectivity index (χ4n) is 1.08. The highest BCUT2D eigenvalue weighted by Crippen LogP contribution is 2.26. The molecule has 1 rings (SSSR count). The van der Waals surface area contributed by atoms with E-state index >= 15 is 0 Å². The number of benzene rings is 1. The normalized spacial score (nSPS) is 10.0. The van der Waals surface area contributed by atoms with Gasteiger partial charge in [-0.3, -0.25) is 4.79 Å². The van der Waals surface area contributed by atoms with E-state index in [1.54, 1.807) is 6.92 Å². The molecule has 0 spiro atoms. The van der Waals surface area contributed by atoms with Crippen LogP contribution in [-0.2, 0) is 0 Å². The fourth-order valence-corrected chi connectivity index (χ4v) is 1.29. The molecule has 1 aromatic rings. The molecule has 2 nitrogen and oxygen atoms in total. The molecule has 0 aliphatic carbocycles. The van der Waals surface area contributed by atoms with Gasteiger partial charge in [-0.1, -0.05) is 11.6 Å². The van der Waals surface area contributed by atoms with Crippen LogP contribution in [0.3, 0.4) is 0 Å². The third-order valence-electron chi connectivity index (χ3n) is 1.68. The SMILES string of the molecule is CCOc1cc(Cl)cc(C(C)=O)c1F. The van der Waals surface area contributed by atoms with Gasteiger partial charge in [0.25, 0.3) is 0 Å². The minimum absolute atomic E-state index is 0.0187. The van der Waals surface area contributed by atoms with Crippen molar-refractivity contribution in [3.8, 4) is 5.75 Å². The van der Waals surface area contributed by atoms with Crippen LogP contribution in [0.2, 0.25) is 5.02 Å². The summed E-state index contributed by atoms with van der Waals surface area (Å²) in [7, 11) is 0. The Kier molecular flexibility index (Phi) is 3.47. The van der Waals surface area contributed by atoms with Gasteiger partial charge in [0.15, 0.2) is 17.3 Å². The Morgan fingerprint density at radius 1 is 1.57 bits per heavy atom. The smallest absolute Gasteiger partial charge is 0.175 e. The maximum atomic E-state index is 13.5. The zero-order valence-corrected chi connectivity index (χ0v) is 8.69. The average molecular weight is 217 g/mol. The molecule has 14 heavy (non-hydrogen) atoms. The monoisotopic (exact) mass is 216 g/mol. The molecule has 0 N–H and O–H groups in total. The number of ether oxygens (including phenoxy) is 1. The van der Waals surface area contributed by atoms with Gasteiger partial charge in [-0.25, -0.2) is 4.39 Å². The van der Waals surface area contributed by atoms with Crippen molar-refractivity contribution in [1.82, 2.24) is 0 Å². The molecule has 0 unspecified atom stereocenters. The molecular formula is C10H10ClFO2. The molecule has 0 heterocycles. The van der Waals surface area contributed by atoms with Crippen LogP contribution < -0.4 is 4.74 Å². The second-order valence-corrected chi connectivity index (χ2v) is 3.19. The molecule has 0 fully saturated rings. The largest absolute Gasteiger partial charge is 0.491 e. The summed E-state index contributed by atoms with van der Waals surface area (Å²) in [5.41, 5.74) is -0.0408. The van der Waals surface area contributed by atoms with E-state index in [1.165, 1.54) is 19.1 Å². The lowest BCUT2D eigenvalue weighted by Gasteiger charge is -2.07. The maximum Gasteiger partial charge on any atom is 0.175 e. The quantitative estimate of drug-likeness (QED) is 0.726. The van der Waals surface area contributed by atoms with E-state index in [0.717, 1.165) is 0 Å².